The third-order valence-electron chi connectivity index (χ3n) is 6.59. The van der Waals surface area contributed by atoms with E-state index in [1.807, 2.05) is 67.2 Å². The van der Waals surface area contributed by atoms with Gasteiger partial charge < -0.3 is 0 Å². The minimum absolute atomic E-state index is 0.0545. The summed E-state index contributed by atoms with van der Waals surface area (Å²) in [6.45, 7) is 6.26. The van der Waals surface area contributed by atoms with Gasteiger partial charge in [0.05, 0.1) is 22.2 Å². The standard InChI is InChI=1S/C28H26FN3O2S/c1-4-31-27-25(18(3)30-32(27)21-8-6-5-7-9-21)26(19-10-12-20(29)13-11-19)22(28(31)34)15-23(33)24-14-17(2)16-35-24/h5-14,16,22,26H,4,15H2,1-3H3/t22-,26+/m0/s1. The molecule has 2 atom stereocenters. The van der Waals surface area contributed by atoms with Gasteiger partial charge >= 0.3 is 0 Å². The molecule has 7 heteroatoms. The number of rotatable bonds is 6. The number of halogens is 1. The quantitative estimate of drug-likeness (QED) is 0.310. The maximum Gasteiger partial charge on any atom is 0.232 e. The van der Waals surface area contributed by atoms with Gasteiger partial charge in [0.2, 0.25) is 5.91 Å². The normalized spacial score (nSPS) is 17.5. The number of amides is 1. The first kappa shape index (κ1) is 23.2. The molecule has 1 amide bonds. The summed E-state index contributed by atoms with van der Waals surface area (Å²) in [7, 11) is 0. The van der Waals surface area contributed by atoms with Crippen LogP contribution in [0, 0.1) is 25.6 Å². The molecule has 0 N–H and O–H groups in total. The molecule has 0 unspecified atom stereocenters. The zero-order valence-corrected chi connectivity index (χ0v) is 20.7. The van der Waals surface area contributed by atoms with Crippen molar-refractivity contribution in [3.63, 3.8) is 0 Å². The molecule has 0 radical (unpaired) electrons. The van der Waals surface area contributed by atoms with E-state index in [0.717, 1.165) is 28.1 Å². The highest BCUT2D eigenvalue weighted by molar-refractivity contribution is 7.12. The van der Waals surface area contributed by atoms with Crippen molar-refractivity contribution in [2.45, 2.75) is 33.1 Å². The minimum atomic E-state index is -0.616. The van der Waals surface area contributed by atoms with E-state index in [2.05, 4.69) is 0 Å². The zero-order valence-electron chi connectivity index (χ0n) is 19.9. The highest BCUT2D eigenvalue weighted by Gasteiger charge is 2.45. The van der Waals surface area contributed by atoms with Gasteiger partial charge in [-0.05, 0) is 67.6 Å². The number of aryl methyl sites for hydroxylation is 2. The SMILES string of the molecule is CCN1C(=O)[C@@H](CC(=O)c2cc(C)cs2)[C@@H](c2ccc(F)cc2)c2c(C)nn(-c3ccccc3)c21. The predicted octanol–water partition coefficient (Wildman–Crippen LogP) is 6.08. The Morgan fingerprint density at radius 1 is 1.09 bits per heavy atom. The van der Waals surface area contributed by atoms with E-state index in [1.54, 1.807) is 17.0 Å². The van der Waals surface area contributed by atoms with E-state index in [1.165, 1.54) is 23.5 Å². The number of benzene rings is 2. The van der Waals surface area contributed by atoms with E-state index in [4.69, 9.17) is 5.10 Å². The van der Waals surface area contributed by atoms with Crippen molar-refractivity contribution in [1.29, 1.82) is 0 Å². The maximum absolute atomic E-state index is 14.0. The molecule has 4 aromatic rings. The fourth-order valence-corrected chi connectivity index (χ4v) is 5.86. The maximum atomic E-state index is 14.0. The van der Waals surface area contributed by atoms with Gasteiger partial charge in [-0.3, -0.25) is 14.5 Å². The van der Waals surface area contributed by atoms with E-state index < -0.39 is 11.8 Å². The number of para-hydroxylation sites is 1. The Kier molecular flexibility index (Phi) is 6.11. The number of ketones is 1. The average Bonchev–Trinajstić information content (AvgIpc) is 3.44. The molecule has 0 aliphatic carbocycles. The van der Waals surface area contributed by atoms with Crippen molar-refractivity contribution in [2.24, 2.45) is 5.92 Å². The third kappa shape index (κ3) is 4.10. The molecule has 0 saturated heterocycles. The average molecular weight is 488 g/mol. The highest BCUT2D eigenvalue weighted by atomic mass is 32.1. The fourth-order valence-electron chi connectivity index (χ4n) is 5.01. The van der Waals surface area contributed by atoms with Crippen molar-refractivity contribution < 1.29 is 14.0 Å². The van der Waals surface area contributed by atoms with Gasteiger partial charge in [-0.15, -0.1) is 11.3 Å². The molecule has 0 spiro atoms. The largest absolute Gasteiger partial charge is 0.296 e. The first-order chi connectivity index (χ1) is 16.9. The summed E-state index contributed by atoms with van der Waals surface area (Å²) >= 11 is 1.40. The molecule has 0 saturated carbocycles. The van der Waals surface area contributed by atoms with Crippen LogP contribution >= 0.6 is 11.3 Å². The first-order valence-electron chi connectivity index (χ1n) is 11.7. The number of aromatic nitrogens is 2. The molecule has 35 heavy (non-hydrogen) atoms. The zero-order chi connectivity index (χ0) is 24.7. The number of fused-ring (bicyclic) bond motifs is 1. The molecule has 1 aliphatic rings. The fraction of sp³-hybridized carbons (Fsp3) is 0.250. The van der Waals surface area contributed by atoms with Crippen LogP contribution < -0.4 is 4.90 Å². The Morgan fingerprint density at radius 2 is 1.80 bits per heavy atom. The molecule has 178 valence electrons. The van der Waals surface area contributed by atoms with E-state index in [-0.39, 0.29) is 23.9 Å². The molecule has 5 rings (SSSR count). The minimum Gasteiger partial charge on any atom is -0.296 e. The van der Waals surface area contributed by atoms with Crippen LogP contribution in [0.4, 0.5) is 10.2 Å². The molecule has 5 nitrogen and oxygen atoms in total. The number of carbonyl (C=O) groups is 2. The summed E-state index contributed by atoms with van der Waals surface area (Å²) in [6, 6.07) is 17.8. The van der Waals surface area contributed by atoms with Gasteiger partial charge in [0.25, 0.3) is 0 Å². The molecular formula is C28H26FN3O2S. The van der Waals surface area contributed by atoms with Crippen LogP contribution in [0.3, 0.4) is 0 Å². The van der Waals surface area contributed by atoms with E-state index in [0.29, 0.717) is 17.2 Å². The molecule has 0 bridgehead atoms. The van der Waals surface area contributed by atoms with Crippen molar-refractivity contribution in [3.8, 4) is 5.69 Å². The van der Waals surface area contributed by atoms with Crippen LogP contribution in [-0.4, -0.2) is 28.0 Å². The Bertz CT molecular complexity index is 1390. The van der Waals surface area contributed by atoms with Gasteiger partial charge in [0.1, 0.15) is 11.6 Å². The van der Waals surface area contributed by atoms with Gasteiger partial charge in [-0.1, -0.05) is 30.3 Å². The number of carbonyl (C=O) groups excluding carboxylic acids is 2. The van der Waals surface area contributed by atoms with Gasteiger partial charge in [-0.2, -0.15) is 5.10 Å². The van der Waals surface area contributed by atoms with Crippen molar-refractivity contribution in [3.05, 3.63) is 99.1 Å². The van der Waals surface area contributed by atoms with Crippen molar-refractivity contribution in [1.82, 2.24) is 9.78 Å². The van der Waals surface area contributed by atoms with Gasteiger partial charge in [-0.25, -0.2) is 9.07 Å². The lowest BCUT2D eigenvalue weighted by molar-refractivity contribution is -0.123. The topological polar surface area (TPSA) is 55.2 Å². The number of anilines is 1. The molecule has 2 aromatic carbocycles. The van der Waals surface area contributed by atoms with Gasteiger partial charge in [0.15, 0.2) is 5.78 Å². The van der Waals surface area contributed by atoms with E-state index >= 15 is 0 Å². The van der Waals surface area contributed by atoms with Crippen LogP contribution in [0.2, 0.25) is 0 Å². The molecule has 2 aromatic heterocycles. The lowest BCUT2D eigenvalue weighted by Crippen LogP contribution is -2.45. The smallest absolute Gasteiger partial charge is 0.232 e. The Labute approximate surface area is 207 Å². The summed E-state index contributed by atoms with van der Waals surface area (Å²) in [5, 5.41) is 6.77. The Morgan fingerprint density at radius 3 is 2.43 bits per heavy atom. The number of hydrogen-bond donors (Lipinski definition) is 0. The summed E-state index contributed by atoms with van der Waals surface area (Å²) in [5.74, 6) is -0.830. The third-order valence-corrected chi connectivity index (χ3v) is 7.68. The molecule has 0 fully saturated rings. The lowest BCUT2D eigenvalue weighted by Gasteiger charge is -2.38. The van der Waals surface area contributed by atoms with Crippen LogP contribution in [-0.2, 0) is 4.79 Å². The summed E-state index contributed by atoms with van der Waals surface area (Å²) in [4.78, 5) is 29.7. The summed E-state index contributed by atoms with van der Waals surface area (Å²) in [5.41, 5.74) is 4.37. The number of Topliss-reactive ketones (excluding diaryl/α,β-unsaturated/α-hetero) is 1. The number of thiophene rings is 1. The van der Waals surface area contributed by atoms with Crippen molar-refractivity contribution in [2.75, 3.05) is 11.4 Å². The second kappa shape index (κ2) is 9.23. The van der Waals surface area contributed by atoms with Crippen molar-refractivity contribution >= 4 is 28.8 Å². The van der Waals surface area contributed by atoms with Crippen LogP contribution in [0.5, 0.6) is 0 Å². The number of hydrogen-bond acceptors (Lipinski definition) is 4. The highest BCUT2D eigenvalue weighted by Crippen LogP contribution is 2.47. The Hall–Kier alpha value is -3.58. The van der Waals surface area contributed by atoms with Crippen LogP contribution in [0.15, 0.2) is 66.0 Å². The summed E-state index contributed by atoms with van der Waals surface area (Å²) < 4.78 is 15.6. The second-order valence-corrected chi connectivity index (χ2v) is 9.82. The predicted molar refractivity (Wildman–Crippen MR) is 136 cm³/mol. The molecule has 1 aliphatic heterocycles. The Balaban J connectivity index is 1.69. The van der Waals surface area contributed by atoms with E-state index in [9.17, 15) is 14.0 Å². The second-order valence-electron chi connectivity index (χ2n) is 8.90. The molecular weight excluding hydrogens is 461 g/mol. The summed E-state index contributed by atoms with van der Waals surface area (Å²) in [6.07, 6.45) is 0.0761. The first-order valence-corrected chi connectivity index (χ1v) is 12.6. The monoisotopic (exact) mass is 487 g/mol. The number of nitrogens with zero attached hydrogens (tertiary/aromatic N) is 3. The molecule has 3 heterocycles. The lowest BCUT2D eigenvalue weighted by atomic mass is 9.74. The van der Waals surface area contributed by atoms with Crippen LogP contribution in [0.1, 0.15) is 51.3 Å². The van der Waals surface area contributed by atoms with Crippen LogP contribution in [0.25, 0.3) is 5.69 Å². The van der Waals surface area contributed by atoms with Gasteiger partial charge in [0, 0.05) is 24.4 Å².